The Balaban J connectivity index is 1.84. The number of amides is 2. The molecule has 0 bridgehead atoms. The number of carboxylic acid groups (broad SMARTS) is 1. The summed E-state index contributed by atoms with van der Waals surface area (Å²) in [5.74, 6) is 1.07. The van der Waals surface area contributed by atoms with Crippen molar-refractivity contribution < 1.29 is 19.4 Å². The number of carbonyl (C=O) groups excluding carboxylic acids is 1. The smallest absolute Gasteiger partial charge is 0.317 e. The van der Waals surface area contributed by atoms with Crippen LogP contribution in [0.3, 0.4) is 0 Å². The fourth-order valence-corrected chi connectivity index (χ4v) is 3.72. The van der Waals surface area contributed by atoms with E-state index in [0.717, 1.165) is 18.8 Å². The van der Waals surface area contributed by atoms with Gasteiger partial charge in [0, 0.05) is 37.1 Å². The highest BCUT2D eigenvalue weighted by Gasteiger charge is 2.30. The first-order valence-corrected chi connectivity index (χ1v) is 8.19. The Hall–Kier alpha value is -0.950. The lowest BCUT2D eigenvalue weighted by Crippen LogP contribution is -2.52. The highest BCUT2D eigenvalue weighted by Crippen LogP contribution is 2.21. The Morgan fingerprint density at radius 3 is 2.95 bits per heavy atom. The van der Waals surface area contributed by atoms with Crippen LogP contribution in [0, 0.1) is 5.92 Å². The molecule has 0 aromatic carbocycles. The van der Waals surface area contributed by atoms with E-state index in [2.05, 4.69) is 5.32 Å². The van der Waals surface area contributed by atoms with Crippen molar-refractivity contribution in [3.05, 3.63) is 0 Å². The zero-order valence-corrected chi connectivity index (χ0v) is 12.5. The molecule has 0 spiro atoms. The van der Waals surface area contributed by atoms with E-state index in [1.165, 1.54) is 0 Å². The number of ether oxygens (including phenoxy) is 1. The number of urea groups is 1. The van der Waals surface area contributed by atoms with Crippen LogP contribution in [0.15, 0.2) is 0 Å². The van der Waals surface area contributed by atoms with E-state index in [1.807, 2.05) is 6.92 Å². The molecule has 0 saturated carbocycles. The molecule has 3 unspecified atom stereocenters. The third-order valence-corrected chi connectivity index (χ3v) is 5.04. The highest BCUT2D eigenvalue weighted by molar-refractivity contribution is 7.99. The van der Waals surface area contributed by atoms with Crippen molar-refractivity contribution in [1.29, 1.82) is 0 Å². The molecule has 2 rings (SSSR count). The van der Waals surface area contributed by atoms with Crippen molar-refractivity contribution in [2.24, 2.45) is 5.92 Å². The van der Waals surface area contributed by atoms with Crippen molar-refractivity contribution in [3.63, 3.8) is 0 Å². The number of nitrogens with zero attached hydrogens (tertiary/aromatic N) is 1. The van der Waals surface area contributed by atoms with E-state index < -0.39 is 5.97 Å². The van der Waals surface area contributed by atoms with E-state index >= 15 is 0 Å². The third kappa shape index (κ3) is 4.02. The molecule has 20 heavy (non-hydrogen) atoms. The summed E-state index contributed by atoms with van der Waals surface area (Å²) in [6, 6.07) is -0.348. The van der Waals surface area contributed by atoms with Gasteiger partial charge in [-0.3, -0.25) is 4.79 Å². The van der Waals surface area contributed by atoms with Gasteiger partial charge in [0.1, 0.15) is 0 Å². The van der Waals surface area contributed by atoms with Gasteiger partial charge < -0.3 is 20.1 Å². The van der Waals surface area contributed by atoms with Gasteiger partial charge in [0.15, 0.2) is 0 Å². The minimum atomic E-state index is -0.854. The van der Waals surface area contributed by atoms with Crippen LogP contribution in [0.4, 0.5) is 4.79 Å². The van der Waals surface area contributed by atoms with Gasteiger partial charge in [0.05, 0.1) is 18.6 Å². The second-order valence-electron chi connectivity index (χ2n) is 5.33. The first kappa shape index (κ1) is 15.4. The SMILES string of the molecule is CC1OCCC1CNC(=O)N1CCSCC1CC(=O)O. The lowest BCUT2D eigenvalue weighted by atomic mass is 10.0. The van der Waals surface area contributed by atoms with Crippen LogP contribution in [0.2, 0.25) is 0 Å². The number of aliphatic carboxylic acids is 1. The lowest BCUT2D eigenvalue weighted by Gasteiger charge is -2.34. The summed E-state index contributed by atoms with van der Waals surface area (Å²) in [6.45, 7) is 3.99. The Bertz CT molecular complexity index is 366. The number of carboxylic acids is 1. The second-order valence-corrected chi connectivity index (χ2v) is 6.48. The molecule has 2 fully saturated rings. The predicted octanol–water partition coefficient (Wildman–Crippen LogP) is 1.01. The molecule has 0 aromatic rings. The molecule has 0 aromatic heterocycles. The Morgan fingerprint density at radius 1 is 1.50 bits per heavy atom. The second kappa shape index (κ2) is 7.17. The summed E-state index contributed by atoms with van der Waals surface area (Å²) in [5.41, 5.74) is 0. The first-order valence-electron chi connectivity index (χ1n) is 7.03. The van der Waals surface area contributed by atoms with E-state index in [0.29, 0.717) is 24.8 Å². The molecule has 3 atom stereocenters. The van der Waals surface area contributed by atoms with Crippen LogP contribution < -0.4 is 5.32 Å². The number of carbonyl (C=O) groups is 2. The Morgan fingerprint density at radius 2 is 2.30 bits per heavy atom. The molecular formula is C13H22N2O4S. The summed E-state index contributed by atoms with van der Waals surface area (Å²) in [4.78, 5) is 24.8. The number of rotatable bonds is 4. The zero-order chi connectivity index (χ0) is 14.5. The summed E-state index contributed by atoms with van der Waals surface area (Å²) in [5, 5.41) is 11.9. The van der Waals surface area contributed by atoms with Gasteiger partial charge in [-0.25, -0.2) is 4.79 Å². The molecule has 2 amide bonds. The van der Waals surface area contributed by atoms with Crippen molar-refractivity contribution in [2.45, 2.75) is 31.9 Å². The van der Waals surface area contributed by atoms with Crippen molar-refractivity contribution in [3.8, 4) is 0 Å². The normalized spacial score (nSPS) is 30.2. The maximum absolute atomic E-state index is 12.2. The quantitative estimate of drug-likeness (QED) is 0.810. The number of hydrogen-bond donors (Lipinski definition) is 2. The van der Waals surface area contributed by atoms with Gasteiger partial charge in [-0.2, -0.15) is 11.8 Å². The molecule has 7 heteroatoms. The average molecular weight is 302 g/mol. The molecule has 0 aliphatic carbocycles. The number of nitrogens with one attached hydrogen (secondary N) is 1. The molecule has 2 N–H and O–H groups in total. The van der Waals surface area contributed by atoms with E-state index in [4.69, 9.17) is 9.84 Å². The molecule has 114 valence electrons. The van der Waals surface area contributed by atoms with E-state index in [-0.39, 0.29) is 24.6 Å². The van der Waals surface area contributed by atoms with Gasteiger partial charge in [-0.1, -0.05) is 0 Å². The lowest BCUT2D eigenvalue weighted by molar-refractivity contribution is -0.137. The maximum Gasteiger partial charge on any atom is 0.317 e. The minimum absolute atomic E-state index is 0.0172. The monoisotopic (exact) mass is 302 g/mol. The minimum Gasteiger partial charge on any atom is -0.481 e. The van der Waals surface area contributed by atoms with E-state index in [1.54, 1.807) is 16.7 Å². The van der Waals surface area contributed by atoms with Gasteiger partial charge in [-0.05, 0) is 13.3 Å². The standard InChI is InChI=1S/C13H22N2O4S/c1-9-10(2-4-19-9)7-14-13(18)15-3-5-20-8-11(15)6-12(16)17/h9-11H,2-8H2,1H3,(H,14,18)(H,16,17). The molecule has 2 saturated heterocycles. The van der Waals surface area contributed by atoms with Crippen LogP contribution in [0.5, 0.6) is 0 Å². The van der Waals surface area contributed by atoms with Crippen molar-refractivity contribution in [1.82, 2.24) is 10.2 Å². The van der Waals surface area contributed by atoms with Gasteiger partial charge in [0.25, 0.3) is 0 Å². The molecular weight excluding hydrogens is 280 g/mol. The largest absolute Gasteiger partial charge is 0.481 e. The fraction of sp³-hybridized carbons (Fsp3) is 0.846. The van der Waals surface area contributed by atoms with Gasteiger partial charge in [0.2, 0.25) is 0 Å². The third-order valence-electron chi connectivity index (χ3n) is 3.95. The summed E-state index contributed by atoms with van der Waals surface area (Å²) in [6.07, 6.45) is 1.17. The maximum atomic E-state index is 12.2. The first-order chi connectivity index (χ1) is 9.58. The van der Waals surface area contributed by atoms with Crippen molar-refractivity contribution >= 4 is 23.8 Å². The summed E-state index contributed by atoms with van der Waals surface area (Å²) >= 11 is 1.70. The zero-order valence-electron chi connectivity index (χ0n) is 11.7. The van der Waals surface area contributed by atoms with Crippen LogP contribution in [-0.2, 0) is 9.53 Å². The van der Waals surface area contributed by atoms with Crippen LogP contribution >= 0.6 is 11.8 Å². The van der Waals surface area contributed by atoms with Gasteiger partial charge >= 0.3 is 12.0 Å². The van der Waals surface area contributed by atoms with Crippen LogP contribution in [-0.4, -0.2) is 65.4 Å². The molecule has 2 aliphatic heterocycles. The molecule has 2 heterocycles. The fourth-order valence-electron chi connectivity index (χ4n) is 2.66. The number of thioether (sulfide) groups is 1. The van der Waals surface area contributed by atoms with Crippen LogP contribution in [0.25, 0.3) is 0 Å². The topological polar surface area (TPSA) is 78.9 Å². The molecule has 0 radical (unpaired) electrons. The van der Waals surface area contributed by atoms with E-state index in [9.17, 15) is 9.59 Å². The Labute approximate surface area is 123 Å². The molecule has 6 nitrogen and oxygen atoms in total. The number of hydrogen-bond acceptors (Lipinski definition) is 4. The van der Waals surface area contributed by atoms with Gasteiger partial charge in [-0.15, -0.1) is 0 Å². The van der Waals surface area contributed by atoms with Crippen molar-refractivity contribution in [2.75, 3.05) is 31.2 Å². The Kier molecular flexibility index (Phi) is 5.54. The molecule has 2 aliphatic rings. The van der Waals surface area contributed by atoms with Crippen LogP contribution in [0.1, 0.15) is 19.8 Å². The predicted molar refractivity (Wildman–Crippen MR) is 77.0 cm³/mol. The summed E-state index contributed by atoms with van der Waals surface area (Å²) < 4.78 is 5.47. The summed E-state index contributed by atoms with van der Waals surface area (Å²) in [7, 11) is 0. The average Bonchev–Trinajstić information content (AvgIpc) is 2.81. The highest BCUT2D eigenvalue weighted by atomic mass is 32.2.